The molecule has 1 radical (unpaired) electrons. The molecule has 13 heavy (non-hydrogen) atoms. The molecule has 0 aliphatic rings. The molecule has 0 unspecified atom stereocenters. The summed E-state index contributed by atoms with van der Waals surface area (Å²) in [5.41, 5.74) is 1.25. The van der Waals surface area contributed by atoms with Crippen LogP contribution in [0.25, 0.3) is 0 Å². The summed E-state index contributed by atoms with van der Waals surface area (Å²) >= 11 is 0. The Kier molecular flexibility index (Phi) is 2.80. The number of rotatable bonds is 2. The third-order valence-electron chi connectivity index (χ3n) is 1.72. The van der Waals surface area contributed by atoms with Gasteiger partial charge >= 0.3 is 0 Å². The highest BCUT2D eigenvalue weighted by atomic mass is 28.3. The highest BCUT2D eigenvalue weighted by molar-refractivity contribution is 6.49. The van der Waals surface area contributed by atoms with Gasteiger partial charge in [0, 0.05) is 5.56 Å². The lowest BCUT2D eigenvalue weighted by Gasteiger charge is -2.19. The fraction of sp³-hybridized carbons (Fsp3) is 0.667. The van der Waals surface area contributed by atoms with E-state index in [0.29, 0.717) is 0 Å². The maximum Gasteiger partial charge on any atom is 0.276 e. The second kappa shape index (κ2) is 3.53. The highest BCUT2D eigenvalue weighted by Gasteiger charge is 2.21. The van der Waals surface area contributed by atoms with Crippen LogP contribution in [0.3, 0.4) is 0 Å². The van der Waals surface area contributed by atoms with E-state index in [1.807, 2.05) is 6.20 Å². The third kappa shape index (κ3) is 2.59. The van der Waals surface area contributed by atoms with Gasteiger partial charge in [0.05, 0.1) is 6.20 Å². The lowest BCUT2D eigenvalue weighted by molar-refractivity contribution is 0.508. The van der Waals surface area contributed by atoms with Crippen molar-refractivity contribution in [2.75, 3.05) is 0 Å². The molecule has 73 valence electrons. The number of nitrogens with one attached hydrogen (secondary N) is 1. The zero-order valence-corrected chi connectivity index (χ0v) is 9.93. The molecule has 0 aliphatic carbocycles. The van der Waals surface area contributed by atoms with Gasteiger partial charge in [-0.2, -0.15) is 5.10 Å². The van der Waals surface area contributed by atoms with Gasteiger partial charge in [0.1, 0.15) is 0 Å². The van der Waals surface area contributed by atoms with Crippen LogP contribution in [0.2, 0.25) is 13.1 Å². The average molecular weight is 197 g/mol. The number of hydrogen-bond donors (Lipinski definition) is 1. The van der Waals surface area contributed by atoms with Gasteiger partial charge in [-0.15, -0.1) is 0 Å². The Hall–Kier alpha value is -0.773. The van der Waals surface area contributed by atoms with Gasteiger partial charge in [-0.25, -0.2) is 5.10 Å². The highest BCUT2D eigenvalue weighted by Crippen LogP contribution is 2.29. The van der Waals surface area contributed by atoms with E-state index in [1.165, 1.54) is 0 Å². The quantitative estimate of drug-likeness (QED) is 0.739. The van der Waals surface area contributed by atoms with Crippen LogP contribution in [0.1, 0.15) is 26.3 Å². The zero-order valence-electron chi connectivity index (χ0n) is 8.93. The Labute approximate surface area is 81.2 Å². The lowest BCUT2D eigenvalue weighted by atomic mass is 9.89. The second-order valence-corrected chi connectivity index (χ2v) is 6.39. The van der Waals surface area contributed by atoms with Crippen LogP contribution in [0.15, 0.2) is 6.20 Å². The van der Waals surface area contributed by atoms with Crippen LogP contribution >= 0.6 is 0 Å². The van der Waals surface area contributed by atoms with Crippen LogP contribution < -0.4 is 4.43 Å². The largest absolute Gasteiger partial charge is 0.530 e. The number of aromatic nitrogens is 2. The topological polar surface area (TPSA) is 37.9 Å². The summed E-state index contributed by atoms with van der Waals surface area (Å²) in [6.45, 7) is 10.7. The smallest absolute Gasteiger partial charge is 0.276 e. The van der Waals surface area contributed by atoms with E-state index in [9.17, 15) is 0 Å². The minimum absolute atomic E-state index is 0.0969. The van der Waals surface area contributed by atoms with Crippen molar-refractivity contribution in [3.63, 3.8) is 0 Å². The first-order chi connectivity index (χ1) is 5.91. The molecule has 0 aromatic carbocycles. The molecule has 1 aromatic heterocycles. The fourth-order valence-corrected chi connectivity index (χ4v) is 1.65. The van der Waals surface area contributed by atoms with Crippen molar-refractivity contribution in [3.8, 4) is 5.88 Å². The van der Waals surface area contributed by atoms with Crippen LogP contribution in [-0.2, 0) is 5.41 Å². The SMILES string of the molecule is C[Si](C)Oc1[nH]ncc1C(C)(C)C. The summed E-state index contributed by atoms with van der Waals surface area (Å²) in [6.07, 6.45) is 1.85. The van der Waals surface area contributed by atoms with Crippen molar-refractivity contribution >= 4 is 9.04 Å². The fourth-order valence-electron chi connectivity index (χ4n) is 1.09. The Morgan fingerprint density at radius 3 is 2.46 bits per heavy atom. The number of hydrogen-bond acceptors (Lipinski definition) is 2. The number of nitrogens with zero attached hydrogens (tertiary/aromatic N) is 1. The predicted octanol–water partition coefficient (Wildman–Crippen LogP) is 2.34. The first-order valence-electron chi connectivity index (χ1n) is 4.43. The van der Waals surface area contributed by atoms with Crippen molar-refractivity contribution < 1.29 is 4.43 Å². The molecule has 0 bridgehead atoms. The molecule has 0 saturated heterocycles. The summed E-state index contributed by atoms with van der Waals surface area (Å²) in [5.74, 6) is 0.839. The Bertz CT molecular complexity index is 275. The van der Waals surface area contributed by atoms with Gasteiger partial charge in [0.25, 0.3) is 9.04 Å². The van der Waals surface area contributed by atoms with E-state index >= 15 is 0 Å². The van der Waals surface area contributed by atoms with Gasteiger partial charge in [0.15, 0.2) is 5.88 Å². The van der Waals surface area contributed by atoms with Gasteiger partial charge in [-0.3, -0.25) is 0 Å². The van der Waals surface area contributed by atoms with E-state index in [0.717, 1.165) is 11.4 Å². The van der Waals surface area contributed by atoms with Crippen LogP contribution in [0, 0.1) is 0 Å². The summed E-state index contributed by atoms with van der Waals surface area (Å²) < 4.78 is 5.70. The van der Waals surface area contributed by atoms with E-state index < -0.39 is 9.04 Å². The maximum absolute atomic E-state index is 5.70. The first-order valence-corrected chi connectivity index (χ1v) is 6.84. The molecule has 0 fully saturated rings. The van der Waals surface area contributed by atoms with E-state index in [2.05, 4.69) is 44.1 Å². The number of aromatic amines is 1. The van der Waals surface area contributed by atoms with Crippen LogP contribution in [-0.4, -0.2) is 19.2 Å². The third-order valence-corrected chi connectivity index (χ3v) is 2.33. The average Bonchev–Trinajstić information content (AvgIpc) is 2.31. The second-order valence-electron chi connectivity index (χ2n) is 4.37. The van der Waals surface area contributed by atoms with E-state index in [4.69, 9.17) is 4.43 Å². The van der Waals surface area contributed by atoms with E-state index in [-0.39, 0.29) is 5.41 Å². The lowest BCUT2D eigenvalue weighted by Crippen LogP contribution is -2.17. The minimum atomic E-state index is -0.710. The molecular formula is C9H17N2OSi. The summed E-state index contributed by atoms with van der Waals surface area (Å²) in [6, 6.07) is 0. The van der Waals surface area contributed by atoms with Crippen molar-refractivity contribution in [1.82, 2.24) is 10.2 Å². The molecule has 1 N–H and O–H groups in total. The van der Waals surface area contributed by atoms with Crippen molar-refractivity contribution in [1.29, 1.82) is 0 Å². The summed E-state index contributed by atoms with van der Waals surface area (Å²) in [5, 5.41) is 6.90. The van der Waals surface area contributed by atoms with Gasteiger partial charge in [-0.1, -0.05) is 20.8 Å². The minimum Gasteiger partial charge on any atom is -0.530 e. The molecule has 1 aromatic rings. The zero-order chi connectivity index (χ0) is 10.1. The van der Waals surface area contributed by atoms with E-state index in [1.54, 1.807) is 0 Å². The molecule has 0 atom stereocenters. The van der Waals surface area contributed by atoms with Crippen LogP contribution in [0.4, 0.5) is 0 Å². The number of H-pyrrole nitrogens is 1. The molecule has 0 amide bonds. The van der Waals surface area contributed by atoms with Crippen LogP contribution in [0.5, 0.6) is 5.88 Å². The molecule has 0 aliphatic heterocycles. The summed E-state index contributed by atoms with van der Waals surface area (Å²) in [7, 11) is -0.710. The molecule has 0 saturated carbocycles. The Balaban J connectivity index is 2.90. The Morgan fingerprint density at radius 1 is 1.38 bits per heavy atom. The molecule has 3 nitrogen and oxygen atoms in total. The standard InChI is InChI=1S/C9H17N2OSi/c1-9(2,3)7-6-10-11-8(7)12-13(4)5/h6H,1-5H3,(H,10,11). The molecule has 0 spiro atoms. The first kappa shape index (κ1) is 10.3. The molecule has 4 heteroatoms. The molecule has 1 heterocycles. The maximum atomic E-state index is 5.70. The monoisotopic (exact) mass is 197 g/mol. The van der Waals surface area contributed by atoms with Crippen molar-refractivity contribution in [2.24, 2.45) is 0 Å². The van der Waals surface area contributed by atoms with Gasteiger partial charge in [-0.05, 0) is 18.5 Å². The van der Waals surface area contributed by atoms with Crippen molar-refractivity contribution in [3.05, 3.63) is 11.8 Å². The molecular weight excluding hydrogens is 180 g/mol. The summed E-state index contributed by atoms with van der Waals surface area (Å²) in [4.78, 5) is 0. The van der Waals surface area contributed by atoms with Gasteiger partial charge in [0.2, 0.25) is 0 Å². The Morgan fingerprint density at radius 2 is 2.00 bits per heavy atom. The molecule has 1 rings (SSSR count). The normalized spacial score (nSPS) is 12.2. The predicted molar refractivity (Wildman–Crippen MR) is 55.4 cm³/mol. The van der Waals surface area contributed by atoms with Crippen molar-refractivity contribution in [2.45, 2.75) is 39.3 Å². The van der Waals surface area contributed by atoms with Gasteiger partial charge < -0.3 is 4.43 Å².